The Morgan fingerprint density at radius 3 is 2.53 bits per heavy atom. The number of hydrogen-bond acceptors (Lipinski definition) is 3. The first kappa shape index (κ1) is 15.2. The Labute approximate surface area is 127 Å². The molecule has 0 bridgehead atoms. The third-order valence-electron chi connectivity index (χ3n) is 2.86. The van der Waals surface area contributed by atoms with E-state index in [2.05, 4.69) is 10.0 Å². The maximum Gasteiger partial charge on any atom is 0.234 e. The highest BCUT2D eigenvalue weighted by molar-refractivity contribution is 7.92. The quantitative estimate of drug-likeness (QED) is 0.826. The third-order valence-corrected chi connectivity index (χ3v) is 5.27. The Hall–Kier alpha value is -0.200. The summed E-state index contributed by atoms with van der Waals surface area (Å²) in [6.45, 7) is 0.855. The summed E-state index contributed by atoms with van der Waals surface area (Å²) in [4.78, 5) is 0. The topological polar surface area (TPSA) is 58.2 Å². The maximum absolute atomic E-state index is 12.0. The van der Waals surface area contributed by atoms with Crippen molar-refractivity contribution in [3.63, 3.8) is 0 Å². The number of sulfonamides is 1. The standard InChI is InChI=1S/C11H13Cl3N2O2S/c12-8-4-10(14)11(5-9(8)13)16-19(17,18)6-7-2-1-3-15-7/h4-5,7,15-16H,1-3,6H2. The lowest BCUT2D eigenvalue weighted by Crippen LogP contribution is -2.32. The molecule has 19 heavy (non-hydrogen) atoms. The monoisotopic (exact) mass is 342 g/mol. The van der Waals surface area contributed by atoms with Crippen LogP contribution in [0.2, 0.25) is 15.1 Å². The summed E-state index contributed by atoms with van der Waals surface area (Å²) in [5, 5.41) is 3.89. The zero-order valence-corrected chi connectivity index (χ0v) is 13.0. The fraction of sp³-hybridized carbons (Fsp3) is 0.455. The van der Waals surface area contributed by atoms with E-state index in [1.807, 2.05) is 0 Å². The molecule has 1 atom stereocenters. The van der Waals surface area contributed by atoms with Gasteiger partial charge in [-0.2, -0.15) is 0 Å². The van der Waals surface area contributed by atoms with Crippen molar-refractivity contribution in [3.8, 4) is 0 Å². The summed E-state index contributed by atoms with van der Waals surface area (Å²) in [7, 11) is -3.47. The Kier molecular flexibility index (Phi) is 4.84. The van der Waals surface area contributed by atoms with Crippen LogP contribution in [-0.2, 0) is 10.0 Å². The SMILES string of the molecule is O=S(=O)(CC1CCCN1)Nc1cc(Cl)c(Cl)cc1Cl. The molecule has 0 radical (unpaired) electrons. The molecule has 2 rings (SSSR count). The molecule has 0 saturated carbocycles. The minimum Gasteiger partial charge on any atom is -0.313 e. The van der Waals surface area contributed by atoms with Gasteiger partial charge >= 0.3 is 0 Å². The second kappa shape index (κ2) is 6.06. The van der Waals surface area contributed by atoms with Gasteiger partial charge in [-0.15, -0.1) is 0 Å². The van der Waals surface area contributed by atoms with Crippen LogP contribution in [0.15, 0.2) is 12.1 Å². The van der Waals surface area contributed by atoms with Crippen molar-refractivity contribution in [3.05, 3.63) is 27.2 Å². The van der Waals surface area contributed by atoms with Crippen molar-refractivity contribution in [2.75, 3.05) is 17.0 Å². The van der Waals surface area contributed by atoms with Crippen LogP contribution >= 0.6 is 34.8 Å². The highest BCUT2D eigenvalue weighted by Gasteiger charge is 2.22. The van der Waals surface area contributed by atoms with E-state index >= 15 is 0 Å². The van der Waals surface area contributed by atoms with E-state index in [0.29, 0.717) is 0 Å². The van der Waals surface area contributed by atoms with E-state index in [4.69, 9.17) is 34.8 Å². The van der Waals surface area contributed by atoms with Crippen LogP contribution in [0.3, 0.4) is 0 Å². The van der Waals surface area contributed by atoms with Crippen LogP contribution in [0.4, 0.5) is 5.69 Å². The van der Waals surface area contributed by atoms with Gasteiger partial charge in [-0.05, 0) is 31.5 Å². The summed E-state index contributed by atoms with van der Waals surface area (Å²) in [5.74, 6) is 0.0174. The Morgan fingerprint density at radius 2 is 1.89 bits per heavy atom. The van der Waals surface area contributed by atoms with Gasteiger partial charge in [-0.3, -0.25) is 4.72 Å². The molecule has 106 valence electrons. The number of hydrogen-bond donors (Lipinski definition) is 2. The summed E-state index contributed by atoms with van der Waals surface area (Å²) >= 11 is 17.6. The molecule has 1 aromatic rings. The first-order chi connectivity index (χ1) is 8.87. The molecule has 2 N–H and O–H groups in total. The molecule has 1 unspecified atom stereocenters. The Balaban J connectivity index is 2.13. The fourth-order valence-corrected chi connectivity index (χ4v) is 4.03. The average Bonchev–Trinajstić information content (AvgIpc) is 2.77. The molecule has 1 aromatic carbocycles. The average molecular weight is 344 g/mol. The molecule has 0 amide bonds. The number of anilines is 1. The highest BCUT2D eigenvalue weighted by Crippen LogP contribution is 2.32. The van der Waals surface area contributed by atoms with E-state index in [1.165, 1.54) is 12.1 Å². The van der Waals surface area contributed by atoms with Crippen LogP contribution in [-0.4, -0.2) is 26.8 Å². The molecule has 0 aromatic heterocycles. The van der Waals surface area contributed by atoms with Crippen molar-refractivity contribution >= 4 is 50.5 Å². The van der Waals surface area contributed by atoms with Crippen molar-refractivity contribution in [1.82, 2.24) is 5.32 Å². The molecular formula is C11H13Cl3N2O2S. The molecular weight excluding hydrogens is 331 g/mol. The third kappa shape index (κ3) is 4.13. The largest absolute Gasteiger partial charge is 0.313 e. The Bertz CT molecular complexity index is 572. The Morgan fingerprint density at radius 1 is 1.21 bits per heavy atom. The molecule has 8 heteroatoms. The number of halogens is 3. The van der Waals surface area contributed by atoms with Crippen molar-refractivity contribution < 1.29 is 8.42 Å². The van der Waals surface area contributed by atoms with Crippen LogP contribution in [0.1, 0.15) is 12.8 Å². The van der Waals surface area contributed by atoms with E-state index < -0.39 is 10.0 Å². The van der Waals surface area contributed by atoms with Gasteiger partial charge in [0.25, 0.3) is 0 Å². The summed E-state index contributed by atoms with van der Waals surface area (Å²) in [6, 6.07) is 2.81. The van der Waals surface area contributed by atoms with Gasteiger partial charge in [0.15, 0.2) is 0 Å². The lowest BCUT2D eigenvalue weighted by Gasteiger charge is -2.14. The normalized spacial score (nSPS) is 19.6. The lowest BCUT2D eigenvalue weighted by molar-refractivity contribution is 0.582. The maximum atomic E-state index is 12.0. The minimum atomic E-state index is -3.47. The predicted octanol–water partition coefficient (Wildman–Crippen LogP) is 3.14. The predicted molar refractivity (Wildman–Crippen MR) is 79.9 cm³/mol. The van der Waals surface area contributed by atoms with Gasteiger partial charge in [0, 0.05) is 6.04 Å². The van der Waals surface area contributed by atoms with E-state index in [-0.39, 0.29) is 32.5 Å². The molecule has 1 aliphatic heterocycles. The first-order valence-corrected chi connectivity index (χ1v) is 8.54. The van der Waals surface area contributed by atoms with Crippen molar-refractivity contribution in [2.45, 2.75) is 18.9 Å². The number of nitrogens with one attached hydrogen (secondary N) is 2. The molecule has 0 aliphatic carbocycles. The molecule has 0 spiro atoms. The smallest absolute Gasteiger partial charge is 0.234 e. The van der Waals surface area contributed by atoms with Crippen molar-refractivity contribution in [1.29, 1.82) is 0 Å². The van der Waals surface area contributed by atoms with Crippen molar-refractivity contribution in [2.24, 2.45) is 0 Å². The van der Waals surface area contributed by atoms with Gasteiger partial charge in [0.2, 0.25) is 10.0 Å². The molecule has 1 heterocycles. The molecule has 4 nitrogen and oxygen atoms in total. The van der Waals surface area contributed by atoms with Gasteiger partial charge in [0.05, 0.1) is 26.5 Å². The zero-order chi connectivity index (χ0) is 14.0. The van der Waals surface area contributed by atoms with Crippen LogP contribution in [0.25, 0.3) is 0 Å². The lowest BCUT2D eigenvalue weighted by atomic mass is 10.3. The van der Waals surface area contributed by atoms with Crippen LogP contribution in [0, 0.1) is 0 Å². The zero-order valence-electron chi connectivity index (χ0n) is 9.92. The molecule has 1 fully saturated rings. The minimum absolute atomic E-state index is 0.0148. The van der Waals surface area contributed by atoms with Crippen LogP contribution < -0.4 is 10.0 Å². The van der Waals surface area contributed by atoms with E-state index in [9.17, 15) is 8.42 Å². The summed E-state index contributed by atoms with van der Waals surface area (Å²) < 4.78 is 26.5. The van der Waals surface area contributed by atoms with Gasteiger partial charge in [0.1, 0.15) is 0 Å². The molecule has 1 saturated heterocycles. The van der Waals surface area contributed by atoms with Gasteiger partial charge in [-0.1, -0.05) is 34.8 Å². The van der Waals surface area contributed by atoms with Gasteiger partial charge < -0.3 is 5.32 Å². The molecule has 1 aliphatic rings. The second-order valence-electron chi connectivity index (χ2n) is 4.42. The number of rotatable bonds is 4. The van der Waals surface area contributed by atoms with E-state index in [1.54, 1.807) is 0 Å². The number of benzene rings is 1. The van der Waals surface area contributed by atoms with Gasteiger partial charge in [-0.25, -0.2) is 8.42 Å². The highest BCUT2D eigenvalue weighted by atomic mass is 35.5. The van der Waals surface area contributed by atoms with E-state index in [0.717, 1.165) is 19.4 Å². The summed E-state index contributed by atoms with van der Waals surface area (Å²) in [5.41, 5.74) is 0.245. The second-order valence-corrected chi connectivity index (χ2v) is 7.41. The fourth-order valence-electron chi connectivity index (χ4n) is 1.97. The summed E-state index contributed by atoms with van der Waals surface area (Å²) in [6.07, 6.45) is 1.85. The first-order valence-electron chi connectivity index (χ1n) is 5.76. The van der Waals surface area contributed by atoms with Crippen LogP contribution in [0.5, 0.6) is 0 Å².